The number of amides is 1. The molecule has 1 saturated heterocycles. The molecule has 0 bridgehead atoms. The summed E-state index contributed by atoms with van der Waals surface area (Å²) in [5.41, 5.74) is 1.69. The second-order valence-electron chi connectivity index (χ2n) is 9.96. The summed E-state index contributed by atoms with van der Waals surface area (Å²) >= 11 is 5.91. The van der Waals surface area contributed by atoms with E-state index in [0.717, 1.165) is 6.07 Å². The summed E-state index contributed by atoms with van der Waals surface area (Å²) in [7, 11) is 0. The van der Waals surface area contributed by atoms with Gasteiger partial charge in [0.1, 0.15) is 11.4 Å². The molecular formula is C31H25ClF2N4O4. The lowest BCUT2D eigenvalue weighted by molar-refractivity contribution is -0.120. The van der Waals surface area contributed by atoms with E-state index in [0.29, 0.717) is 42.9 Å². The topological polar surface area (TPSA) is 94.8 Å². The smallest absolute Gasteiger partial charge is 0.260 e. The Kier molecular flexibility index (Phi) is 7.82. The van der Waals surface area contributed by atoms with Gasteiger partial charge in [0.15, 0.2) is 23.5 Å². The van der Waals surface area contributed by atoms with E-state index in [2.05, 4.69) is 15.4 Å². The van der Waals surface area contributed by atoms with Crippen molar-refractivity contribution in [3.8, 4) is 11.6 Å². The molecule has 1 atom stereocenters. The molecule has 1 N–H and O–H groups in total. The molecule has 6 rings (SSSR count). The Morgan fingerprint density at radius 1 is 1.02 bits per heavy atom. The van der Waals surface area contributed by atoms with Crippen molar-refractivity contribution in [2.45, 2.75) is 31.5 Å². The molecule has 11 heteroatoms. The normalized spacial score (nSPS) is 17.3. The number of halogens is 3. The van der Waals surface area contributed by atoms with E-state index in [1.165, 1.54) is 29.1 Å². The van der Waals surface area contributed by atoms with Gasteiger partial charge >= 0.3 is 0 Å². The quantitative estimate of drug-likeness (QED) is 0.312. The Hall–Kier alpha value is -4.41. The number of benzene rings is 3. The number of ketones is 1. The highest BCUT2D eigenvalue weighted by atomic mass is 35.5. The van der Waals surface area contributed by atoms with Gasteiger partial charge in [-0.25, -0.2) is 13.5 Å². The molecule has 214 valence electrons. The first-order valence-corrected chi connectivity index (χ1v) is 13.8. The Labute approximate surface area is 244 Å². The lowest BCUT2D eigenvalue weighted by Crippen LogP contribution is -2.40. The Morgan fingerprint density at radius 3 is 2.57 bits per heavy atom. The zero-order chi connectivity index (χ0) is 29.2. The molecule has 3 heterocycles. The van der Waals surface area contributed by atoms with Crippen LogP contribution in [0.5, 0.6) is 11.6 Å². The van der Waals surface area contributed by atoms with Gasteiger partial charge in [0.2, 0.25) is 5.88 Å². The summed E-state index contributed by atoms with van der Waals surface area (Å²) in [4.78, 5) is 31.7. The van der Waals surface area contributed by atoms with E-state index in [9.17, 15) is 18.4 Å². The molecule has 0 spiro atoms. The number of Topliss-reactive ketones (excluding diaryl/α,β-unsaturated/α-hetero) is 1. The Bertz CT molecular complexity index is 1690. The number of nitrogens with zero attached hydrogens (tertiary/aromatic N) is 3. The molecule has 0 radical (unpaired) electrons. The third-order valence-corrected chi connectivity index (χ3v) is 7.47. The summed E-state index contributed by atoms with van der Waals surface area (Å²) in [6, 6.07) is 17.4. The van der Waals surface area contributed by atoms with Crippen LogP contribution in [0.1, 0.15) is 45.9 Å². The summed E-state index contributed by atoms with van der Waals surface area (Å²) in [5, 5.41) is 7.26. The first-order valence-electron chi connectivity index (χ1n) is 13.4. The van der Waals surface area contributed by atoms with Gasteiger partial charge in [0.25, 0.3) is 5.91 Å². The minimum absolute atomic E-state index is 0.00304. The van der Waals surface area contributed by atoms with Crippen LogP contribution in [0.2, 0.25) is 5.02 Å². The van der Waals surface area contributed by atoms with Crippen molar-refractivity contribution in [3.05, 3.63) is 112 Å². The second kappa shape index (κ2) is 11.8. The van der Waals surface area contributed by atoms with Crippen molar-refractivity contribution in [2.75, 3.05) is 13.2 Å². The number of rotatable bonds is 6. The highest BCUT2D eigenvalue weighted by molar-refractivity contribution is 6.30. The van der Waals surface area contributed by atoms with E-state index in [4.69, 9.17) is 21.1 Å². The van der Waals surface area contributed by atoms with E-state index in [1.807, 2.05) is 6.07 Å². The van der Waals surface area contributed by atoms with Crippen molar-refractivity contribution in [2.24, 2.45) is 4.99 Å². The molecule has 1 fully saturated rings. The highest BCUT2D eigenvalue weighted by Crippen LogP contribution is 2.34. The van der Waals surface area contributed by atoms with E-state index in [-0.39, 0.29) is 40.2 Å². The van der Waals surface area contributed by atoms with Crippen LogP contribution in [0.15, 0.2) is 77.9 Å². The summed E-state index contributed by atoms with van der Waals surface area (Å²) in [6.45, 7) is 0.983. The van der Waals surface area contributed by atoms with Crippen molar-refractivity contribution >= 4 is 29.0 Å². The standard InChI is InChI=1S/C31H25ClF2N4O4/c32-19-9-10-27(25(34)15-19)42-31-23(17-35-38(31)20-11-13-41-14-12-20)30(40)37-29-26(39)16-22-21(7-4-8-24(22)33)28(36-29)18-5-2-1-3-6-18/h1-10,15,17,20,29H,11-14,16H2,(H,37,40)/t29-/m1/s1. The number of nitrogens with one attached hydrogen (secondary N) is 1. The van der Waals surface area contributed by atoms with Crippen molar-refractivity contribution in [1.82, 2.24) is 15.1 Å². The third kappa shape index (κ3) is 5.55. The molecule has 8 nitrogen and oxygen atoms in total. The molecule has 3 aromatic carbocycles. The van der Waals surface area contributed by atoms with Gasteiger partial charge in [-0.05, 0) is 37.1 Å². The van der Waals surface area contributed by atoms with Gasteiger partial charge in [0.05, 0.1) is 18.0 Å². The Balaban J connectivity index is 1.37. The van der Waals surface area contributed by atoms with Gasteiger partial charge in [0, 0.05) is 41.3 Å². The number of hydrogen-bond donors (Lipinski definition) is 1. The van der Waals surface area contributed by atoms with E-state index < -0.39 is 29.5 Å². The summed E-state index contributed by atoms with van der Waals surface area (Å²) in [5.74, 6) is -2.60. The molecule has 42 heavy (non-hydrogen) atoms. The van der Waals surface area contributed by atoms with Gasteiger partial charge in [-0.2, -0.15) is 5.10 Å². The molecular weight excluding hydrogens is 566 g/mol. The zero-order valence-electron chi connectivity index (χ0n) is 22.2. The van der Waals surface area contributed by atoms with Crippen molar-refractivity contribution in [1.29, 1.82) is 0 Å². The minimum Gasteiger partial charge on any atom is -0.435 e. The van der Waals surface area contributed by atoms with E-state index >= 15 is 0 Å². The van der Waals surface area contributed by atoms with Crippen LogP contribution >= 0.6 is 11.6 Å². The number of carbonyl (C=O) groups is 2. The zero-order valence-corrected chi connectivity index (χ0v) is 23.0. The fourth-order valence-electron chi connectivity index (χ4n) is 5.10. The average molecular weight is 591 g/mol. The monoisotopic (exact) mass is 590 g/mol. The molecule has 4 aromatic rings. The maximum absolute atomic E-state index is 14.9. The van der Waals surface area contributed by atoms with Crippen LogP contribution in [0.25, 0.3) is 0 Å². The first-order chi connectivity index (χ1) is 20.4. The minimum atomic E-state index is -1.33. The van der Waals surface area contributed by atoms with Crippen LogP contribution in [0.4, 0.5) is 8.78 Å². The molecule has 0 saturated carbocycles. The molecule has 0 aliphatic carbocycles. The number of fused-ring (bicyclic) bond motifs is 1. The SMILES string of the molecule is O=C(N[C@H]1N=C(c2ccccc2)c2cccc(F)c2CC1=O)c1cnn(C2CCOCC2)c1Oc1ccc(Cl)cc1F. The molecule has 1 amide bonds. The predicted octanol–water partition coefficient (Wildman–Crippen LogP) is 5.68. The molecule has 2 aliphatic rings. The molecule has 2 aliphatic heterocycles. The largest absolute Gasteiger partial charge is 0.435 e. The van der Waals surface area contributed by atoms with Crippen LogP contribution in [0.3, 0.4) is 0 Å². The first kappa shape index (κ1) is 27.7. The lowest BCUT2D eigenvalue weighted by Gasteiger charge is -2.24. The van der Waals surface area contributed by atoms with Gasteiger partial charge in [-0.3, -0.25) is 14.6 Å². The van der Waals surface area contributed by atoms with Gasteiger partial charge < -0.3 is 14.8 Å². The summed E-state index contributed by atoms with van der Waals surface area (Å²) in [6.07, 6.45) is 0.931. The van der Waals surface area contributed by atoms with Crippen LogP contribution < -0.4 is 10.1 Å². The fourth-order valence-corrected chi connectivity index (χ4v) is 5.26. The van der Waals surface area contributed by atoms with Crippen molar-refractivity contribution < 1.29 is 27.8 Å². The lowest BCUT2D eigenvalue weighted by atomic mass is 9.95. The fraction of sp³-hybridized carbons (Fsp3) is 0.226. The predicted molar refractivity (Wildman–Crippen MR) is 151 cm³/mol. The summed E-state index contributed by atoms with van der Waals surface area (Å²) < 4.78 is 42.6. The number of hydrogen-bond acceptors (Lipinski definition) is 6. The maximum Gasteiger partial charge on any atom is 0.260 e. The number of carbonyl (C=O) groups excluding carboxylic acids is 2. The average Bonchev–Trinajstić information content (AvgIpc) is 3.36. The van der Waals surface area contributed by atoms with Crippen LogP contribution in [-0.2, 0) is 16.0 Å². The van der Waals surface area contributed by atoms with E-state index in [1.54, 1.807) is 36.4 Å². The molecule has 1 aromatic heterocycles. The number of aliphatic imine (C=N–C) groups is 1. The van der Waals surface area contributed by atoms with Crippen LogP contribution in [0, 0.1) is 11.6 Å². The van der Waals surface area contributed by atoms with Gasteiger partial charge in [-0.1, -0.05) is 54.1 Å². The maximum atomic E-state index is 14.9. The number of aromatic nitrogens is 2. The van der Waals surface area contributed by atoms with Crippen LogP contribution in [-0.4, -0.2) is 46.6 Å². The third-order valence-electron chi connectivity index (χ3n) is 7.23. The molecule has 0 unspecified atom stereocenters. The van der Waals surface area contributed by atoms with Crippen molar-refractivity contribution in [3.63, 3.8) is 0 Å². The Morgan fingerprint density at radius 2 is 1.81 bits per heavy atom. The second-order valence-corrected chi connectivity index (χ2v) is 10.4. The van der Waals surface area contributed by atoms with Gasteiger partial charge in [-0.15, -0.1) is 0 Å². The number of ether oxygens (including phenoxy) is 2. The highest BCUT2D eigenvalue weighted by Gasteiger charge is 2.32.